The molecule has 0 spiro atoms. The molecule has 1 N–H and O–H groups in total. The number of aliphatic hydroxyl groups excluding tert-OH is 1. The standard InChI is InChI=1S/C18H29NO2/c20-12-13-2-1-3-19(11-13)17(21)10-18-7-14-4-15(8-18)6-16(5-14)9-18/h13-16,20H,1-12H2. The molecule has 21 heavy (non-hydrogen) atoms. The zero-order valence-corrected chi connectivity index (χ0v) is 13.1. The zero-order chi connectivity index (χ0) is 14.4. The second kappa shape index (κ2) is 5.26. The Bertz CT molecular complexity index is 384. The number of amides is 1. The number of carbonyl (C=O) groups is 1. The van der Waals surface area contributed by atoms with Crippen molar-refractivity contribution in [2.45, 2.75) is 57.8 Å². The number of rotatable bonds is 3. The van der Waals surface area contributed by atoms with E-state index in [1.54, 1.807) is 0 Å². The van der Waals surface area contributed by atoms with Crippen molar-refractivity contribution in [2.75, 3.05) is 19.7 Å². The summed E-state index contributed by atoms with van der Waals surface area (Å²) in [5.74, 6) is 3.48. The van der Waals surface area contributed by atoms with Gasteiger partial charge in [-0.1, -0.05) is 0 Å². The van der Waals surface area contributed by atoms with Crippen molar-refractivity contribution in [1.29, 1.82) is 0 Å². The lowest BCUT2D eigenvalue weighted by atomic mass is 9.49. The molecule has 0 radical (unpaired) electrons. The molecule has 1 aliphatic heterocycles. The van der Waals surface area contributed by atoms with Crippen LogP contribution in [0.2, 0.25) is 0 Å². The Morgan fingerprint density at radius 2 is 1.71 bits per heavy atom. The van der Waals surface area contributed by atoms with Gasteiger partial charge < -0.3 is 10.0 Å². The molecule has 1 saturated heterocycles. The molecular formula is C18H29NO2. The van der Waals surface area contributed by atoms with Crippen molar-refractivity contribution in [3.05, 3.63) is 0 Å². The zero-order valence-electron chi connectivity index (χ0n) is 13.1. The summed E-state index contributed by atoms with van der Waals surface area (Å²) in [6, 6.07) is 0. The smallest absolute Gasteiger partial charge is 0.223 e. The average Bonchev–Trinajstić information content (AvgIpc) is 2.45. The molecule has 1 atom stereocenters. The van der Waals surface area contributed by atoms with Gasteiger partial charge in [-0.3, -0.25) is 4.79 Å². The van der Waals surface area contributed by atoms with Gasteiger partial charge in [0.2, 0.25) is 5.91 Å². The van der Waals surface area contributed by atoms with Crippen LogP contribution in [0.15, 0.2) is 0 Å². The molecule has 0 aromatic carbocycles. The third kappa shape index (κ3) is 2.62. The molecule has 4 bridgehead atoms. The van der Waals surface area contributed by atoms with Gasteiger partial charge >= 0.3 is 0 Å². The summed E-state index contributed by atoms with van der Waals surface area (Å²) in [5, 5.41) is 9.36. The molecule has 4 saturated carbocycles. The average molecular weight is 291 g/mol. The number of hydrogen-bond acceptors (Lipinski definition) is 2. The summed E-state index contributed by atoms with van der Waals surface area (Å²) in [7, 11) is 0. The van der Waals surface area contributed by atoms with Crippen LogP contribution >= 0.6 is 0 Å². The molecule has 1 heterocycles. The summed E-state index contributed by atoms with van der Waals surface area (Å²) < 4.78 is 0. The highest BCUT2D eigenvalue weighted by atomic mass is 16.3. The minimum atomic E-state index is 0.237. The van der Waals surface area contributed by atoms with Crippen LogP contribution in [0.25, 0.3) is 0 Å². The Hall–Kier alpha value is -0.570. The van der Waals surface area contributed by atoms with Crippen LogP contribution in [-0.2, 0) is 4.79 Å². The van der Waals surface area contributed by atoms with Crippen LogP contribution in [-0.4, -0.2) is 35.6 Å². The quantitative estimate of drug-likeness (QED) is 0.868. The molecule has 3 heteroatoms. The second-order valence-corrected chi connectivity index (χ2v) is 8.62. The molecule has 5 aliphatic rings. The van der Waals surface area contributed by atoms with E-state index in [0.29, 0.717) is 17.2 Å². The molecular weight excluding hydrogens is 262 g/mol. The van der Waals surface area contributed by atoms with Gasteiger partial charge in [-0.15, -0.1) is 0 Å². The lowest BCUT2D eigenvalue weighted by Crippen LogP contribution is -2.49. The van der Waals surface area contributed by atoms with Gasteiger partial charge in [-0.25, -0.2) is 0 Å². The number of carbonyl (C=O) groups excluding carboxylic acids is 1. The summed E-state index contributed by atoms with van der Waals surface area (Å²) in [6.07, 6.45) is 11.3. The van der Waals surface area contributed by atoms with Gasteiger partial charge in [-0.05, 0) is 80.5 Å². The molecule has 1 amide bonds. The predicted octanol–water partition coefficient (Wildman–Crippen LogP) is 2.82. The van der Waals surface area contributed by atoms with E-state index in [1.807, 2.05) is 0 Å². The van der Waals surface area contributed by atoms with Crippen molar-refractivity contribution in [3.63, 3.8) is 0 Å². The third-order valence-corrected chi connectivity index (χ3v) is 6.82. The monoisotopic (exact) mass is 291 g/mol. The minimum absolute atomic E-state index is 0.237. The van der Waals surface area contributed by atoms with Gasteiger partial charge in [0.05, 0.1) is 0 Å². The van der Waals surface area contributed by atoms with Gasteiger partial charge in [0, 0.05) is 26.1 Å². The SMILES string of the molecule is O=C(CC12CC3CC(CC(C3)C1)C2)N1CCCC(CO)C1. The normalized spacial score (nSPS) is 45.1. The Morgan fingerprint density at radius 3 is 2.29 bits per heavy atom. The first kappa shape index (κ1) is 14.0. The third-order valence-electron chi connectivity index (χ3n) is 6.82. The van der Waals surface area contributed by atoms with E-state index in [-0.39, 0.29) is 6.61 Å². The second-order valence-electron chi connectivity index (χ2n) is 8.62. The molecule has 5 fully saturated rings. The molecule has 0 aromatic heterocycles. The van der Waals surface area contributed by atoms with Crippen LogP contribution < -0.4 is 0 Å². The lowest BCUT2D eigenvalue weighted by molar-refractivity contribution is -0.141. The maximum atomic E-state index is 12.8. The predicted molar refractivity (Wildman–Crippen MR) is 81.6 cm³/mol. The molecule has 0 aromatic rings. The highest BCUT2D eigenvalue weighted by Gasteiger charge is 2.51. The van der Waals surface area contributed by atoms with Crippen molar-refractivity contribution < 1.29 is 9.90 Å². The van der Waals surface area contributed by atoms with Crippen LogP contribution in [0.5, 0.6) is 0 Å². The number of hydrogen-bond donors (Lipinski definition) is 1. The Kier molecular flexibility index (Phi) is 3.52. The fourth-order valence-corrected chi connectivity index (χ4v) is 6.38. The van der Waals surface area contributed by atoms with Gasteiger partial charge in [-0.2, -0.15) is 0 Å². The summed E-state index contributed by atoms with van der Waals surface area (Å²) in [4.78, 5) is 14.8. The number of piperidine rings is 1. The maximum absolute atomic E-state index is 12.8. The summed E-state index contributed by atoms with van der Waals surface area (Å²) in [5.41, 5.74) is 0.359. The Balaban J connectivity index is 1.42. The van der Waals surface area contributed by atoms with E-state index in [2.05, 4.69) is 4.90 Å². The first-order valence-corrected chi connectivity index (χ1v) is 9.04. The van der Waals surface area contributed by atoms with Crippen LogP contribution in [0, 0.1) is 29.1 Å². The van der Waals surface area contributed by atoms with Crippen molar-refractivity contribution in [1.82, 2.24) is 4.90 Å². The van der Waals surface area contributed by atoms with Crippen LogP contribution in [0.3, 0.4) is 0 Å². The Labute approximate surface area is 128 Å². The lowest BCUT2D eigenvalue weighted by Gasteiger charge is -2.57. The highest BCUT2D eigenvalue weighted by molar-refractivity contribution is 5.77. The summed E-state index contributed by atoms with van der Waals surface area (Å²) in [6.45, 7) is 1.95. The molecule has 5 rings (SSSR count). The Morgan fingerprint density at radius 1 is 1.10 bits per heavy atom. The van der Waals surface area contributed by atoms with E-state index in [1.165, 1.54) is 38.5 Å². The number of aliphatic hydroxyl groups is 1. The molecule has 118 valence electrons. The highest BCUT2D eigenvalue weighted by Crippen LogP contribution is 2.61. The fraction of sp³-hybridized carbons (Fsp3) is 0.944. The van der Waals surface area contributed by atoms with Gasteiger partial charge in [0.1, 0.15) is 0 Å². The maximum Gasteiger partial charge on any atom is 0.223 e. The summed E-state index contributed by atoms with van der Waals surface area (Å²) >= 11 is 0. The number of likely N-dealkylation sites (tertiary alicyclic amines) is 1. The van der Waals surface area contributed by atoms with E-state index < -0.39 is 0 Å². The first-order valence-electron chi connectivity index (χ1n) is 9.04. The number of nitrogens with zero attached hydrogens (tertiary/aromatic N) is 1. The van der Waals surface area contributed by atoms with E-state index in [4.69, 9.17) is 0 Å². The van der Waals surface area contributed by atoms with Gasteiger partial charge in [0.15, 0.2) is 0 Å². The van der Waals surface area contributed by atoms with Crippen LogP contribution in [0.4, 0.5) is 0 Å². The largest absolute Gasteiger partial charge is 0.396 e. The van der Waals surface area contributed by atoms with Crippen LogP contribution in [0.1, 0.15) is 57.8 Å². The molecule has 1 unspecified atom stereocenters. The van der Waals surface area contributed by atoms with E-state index in [9.17, 15) is 9.90 Å². The molecule has 3 nitrogen and oxygen atoms in total. The fourth-order valence-electron chi connectivity index (χ4n) is 6.38. The topological polar surface area (TPSA) is 40.5 Å². The van der Waals surface area contributed by atoms with Crippen molar-refractivity contribution in [3.8, 4) is 0 Å². The minimum Gasteiger partial charge on any atom is -0.396 e. The van der Waals surface area contributed by atoms with Crippen molar-refractivity contribution >= 4 is 5.91 Å². The first-order chi connectivity index (χ1) is 10.2. The van der Waals surface area contributed by atoms with E-state index in [0.717, 1.165) is 50.1 Å². The van der Waals surface area contributed by atoms with Gasteiger partial charge in [0.25, 0.3) is 0 Å². The molecule has 4 aliphatic carbocycles. The van der Waals surface area contributed by atoms with Crippen molar-refractivity contribution in [2.24, 2.45) is 29.1 Å². The van der Waals surface area contributed by atoms with E-state index >= 15 is 0 Å².